The number of benzene rings is 2. The van der Waals surface area contributed by atoms with Crippen LogP contribution in [0.2, 0.25) is 5.02 Å². The second kappa shape index (κ2) is 8.19. The SMILES string of the molecule is Cc1cc(-c2cccc(C(=O)NCC[C@@H]3CCCN3C)c2)c(Cl)cc1F. The summed E-state index contributed by atoms with van der Waals surface area (Å²) in [5.41, 5.74) is 2.65. The largest absolute Gasteiger partial charge is 0.352 e. The standard InChI is InChI=1S/C21H24ClFN2O/c1-14-11-18(19(22)13-20(14)23)15-5-3-6-16(12-15)21(26)24-9-8-17-7-4-10-25(17)2/h3,5-6,11-13,17H,4,7-10H2,1-2H3,(H,24,26)/t17-/m0/s1. The van der Waals surface area contributed by atoms with E-state index in [9.17, 15) is 9.18 Å². The van der Waals surface area contributed by atoms with E-state index in [0.29, 0.717) is 28.7 Å². The number of amides is 1. The highest BCUT2D eigenvalue weighted by Gasteiger charge is 2.20. The predicted molar refractivity (Wildman–Crippen MR) is 104 cm³/mol. The molecule has 1 saturated heterocycles. The van der Waals surface area contributed by atoms with Gasteiger partial charge in [0, 0.05) is 23.7 Å². The topological polar surface area (TPSA) is 32.3 Å². The molecule has 26 heavy (non-hydrogen) atoms. The lowest BCUT2D eigenvalue weighted by molar-refractivity contribution is 0.0950. The Hall–Kier alpha value is -1.91. The van der Waals surface area contributed by atoms with E-state index in [1.165, 1.54) is 18.9 Å². The molecule has 0 bridgehead atoms. The number of aryl methyl sites for hydroxylation is 1. The average molecular weight is 375 g/mol. The first kappa shape index (κ1) is 18.9. The predicted octanol–water partition coefficient (Wildman–Crippen LogP) is 4.67. The third kappa shape index (κ3) is 4.25. The molecule has 2 aromatic carbocycles. The molecule has 0 unspecified atom stereocenters. The second-order valence-electron chi connectivity index (χ2n) is 6.98. The van der Waals surface area contributed by atoms with Gasteiger partial charge in [0.15, 0.2) is 0 Å². The first-order valence-electron chi connectivity index (χ1n) is 9.00. The maximum atomic E-state index is 13.6. The van der Waals surface area contributed by atoms with E-state index >= 15 is 0 Å². The van der Waals surface area contributed by atoms with Crippen molar-refractivity contribution in [2.24, 2.45) is 0 Å². The lowest BCUT2D eigenvalue weighted by atomic mass is 10.0. The van der Waals surface area contributed by atoms with Crippen molar-refractivity contribution in [2.75, 3.05) is 20.1 Å². The Kier molecular flexibility index (Phi) is 5.94. The van der Waals surface area contributed by atoms with Crippen molar-refractivity contribution in [3.05, 3.63) is 58.4 Å². The minimum absolute atomic E-state index is 0.0949. The fraction of sp³-hybridized carbons (Fsp3) is 0.381. The highest BCUT2D eigenvalue weighted by molar-refractivity contribution is 6.33. The molecule has 0 aliphatic carbocycles. The third-order valence-corrected chi connectivity index (χ3v) is 5.43. The van der Waals surface area contributed by atoms with E-state index in [4.69, 9.17) is 11.6 Å². The first-order chi connectivity index (χ1) is 12.5. The van der Waals surface area contributed by atoms with Crippen molar-refractivity contribution >= 4 is 17.5 Å². The van der Waals surface area contributed by atoms with E-state index in [1.807, 2.05) is 12.1 Å². The van der Waals surface area contributed by atoms with Crippen LogP contribution in [0.3, 0.4) is 0 Å². The van der Waals surface area contributed by atoms with Crippen LogP contribution in [-0.2, 0) is 0 Å². The summed E-state index contributed by atoms with van der Waals surface area (Å²) in [5.74, 6) is -0.424. The molecule has 0 saturated carbocycles. The van der Waals surface area contributed by atoms with Crippen LogP contribution in [0.1, 0.15) is 35.2 Å². The van der Waals surface area contributed by atoms with Crippen molar-refractivity contribution in [3.63, 3.8) is 0 Å². The Morgan fingerprint density at radius 3 is 2.88 bits per heavy atom. The van der Waals surface area contributed by atoms with Gasteiger partial charge >= 0.3 is 0 Å². The van der Waals surface area contributed by atoms with Gasteiger partial charge in [0.05, 0.1) is 5.02 Å². The number of halogens is 2. The molecule has 0 aromatic heterocycles. The number of rotatable bonds is 5. The Labute approximate surface area is 159 Å². The molecular formula is C21H24ClFN2O. The van der Waals surface area contributed by atoms with Gasteiger partial charge in [-0.15, -0.1) is 0 Å². The third-order valence-electron chi connectivity index (χ3n) is 5.12. The first-order valence-corrected chi connectivity index (χ1v) is 9.38. The van der Waals surface area contributed by atoms with Gasteiger partial charge < -0.3 is 10.2 Å². The Bertz CT molecular complexity index is 809. The maximum Gasteiger partial charge on any atom is 0.251 e. The van der Waals surface area contributed by atoms with Crippen LogP contribution in [0.5, 0.6) is 0 Å². The summed E-state index contributed by atoms with van der Waals surface area (Å²) in [6.45, 7) is 3.50. The molecule has 3 rings (SSSR count). The smallest absolute Gasteiger partial charge is 0.251 e. The van der Waals surface area contributed by atoms with E-state index in [-0.39, 0.29) is 11.7 Å². The number of hydrogen-bond donors (Lipinski definition) is 1. The van der Waals surface area contributed by atoms with Crippen molar-refractivity contribution in [1.82, 2.24) is 10.2 Å². The van der Waals surface area contributed by atoms with E-state index in [0.717, 1.165) is 24.1 Å². The quantitative estimate of drug-likeness (QED) is 0.824. The summed E-state index contributed by atoms with van der Waals surface area (Å²) in [4.78, 5) is 14.8. The summed E-state index contributed by atoms with van der Waals surface area (Å²) in [6.07, 6.45) is 3.39. The fourth-order valence-electron chi connectivity index (χ4n) is 3.50. The Balaban J connectivity index is 1.69. The second-order valence-corrected chi connectivity index (χ2v) is 7.39. The van der Waals surface area contributed by atoms with Gasteiger partial charge in [-0.3, -0.25) is 4.79 Å². The number of carbonyl (C=O) groups excluding carboxylic acids is 1. The van der Waals surface area contributed by atoms with E-state index < -0.39 is 0 Å². The fourth-order valence-corrected chi connectivity index (χ4v) is 3.76. The zero-order chi connectivity index (χ0) is 18.7. The van der Waals surface area contributed by atoms with Gasteiger partial charge in [0.25, 0.3) is 5.91 Å². The lowest BCUT2D eigenvalue weighted by Crippen LogP contribution is -2.31. The molecule has 2 aromatic rings. The number of likely N-dealkylation sites (tertiary alicyclic amines) is 1. The molecule has 0 radical (unpaired) electrons. The van der Waals surface area contributed by atoms with Crippen LogP contribution in [0.15, 0.2) is 36.4 Å². The van der Waals surface area contributed by atoms with Crippen molar-refractivity contribution in [2.45, 2.75) is 32.2 Å². The minimum atomic E-state index is -0.329. The van der Waals surface area contributed by atoms with Crippen LogP contribution in [0.25, 0.3) is 11.1 Å². The summed E-state index contributed by atoms with van der Waals surface area (Å²) in [7, 11) is 2.14. The van der Waals surface area contributed by atoms with Crippen molar-refractivity contribution < 1.29 is 9.18 Å². The van der Waals surface area contributed by atoms with Gasteiger partial charge in [-0.25, -0.2) is 4.39 Å². The van der Waals surface area contributed by atoms with Crippen molar-refractivity contribution in [3.8, 4) is 11.1 Å². The van der Waals surface area contributed by atoms with Gasteiger partial charge in [-0.2, -0.15) is 0 Å². The number of nitrogens with one attached hydrogen (secondary N) is 1. The molecule has 138 valence electrons. The zero-order valence-electron chi connectivity index (χ0n) is 15.2. The summed E-state index contributed by atoms with van der Waals surface area (Å²) in [6, 6.07) is 10.9. The minimum Gasteiger partial charge on any atom is -0.352 e. The average Bonchev–Trinajstić information content (AvgIpc) is 3.03. The van der Waals surface area contributed by atoms with Crippen LogP contribution in [0.4, 0.5) is 4.39 Å². The Morgan fingerprint density at radius 1 is 1.35 bits per heavy atom. The van der Waals surface area contributed by atoms with Gasteiger partial charge in [-0.1, -0.05) is 23.7 Å². The van der Waals surface area contributed by atoms with Crippen LogP contribution >= 0.6 is 11.6 Å². The molecule has 1 N–H and O–H groups in total. The lowest BCUT2D eigenvalue weighted by Gasteiger charge is -2.19. The normalized spacial score (nSPS) is 17.5. The monoisotopic (exact) mass is 374 g/mol. The highest BCUT2D eigenvalue weighted by atomic mass is 35.5. The Morgan fingerprint density at radius 2 is 2.15 bits per heavy atom. The molecular weight excluding hydrogens is 351 g/mol. The maximum absolute atomic E-state index is 13.6. The van der Waals surface area contributed by atoms with Crippen LogP contribution in [-0.4, -0.2) is 37.0 Å². The summed E-state index contributed by atoms with van der Waals surface area (Å²) in [5, 5.41) is 3.34. The highest BCUT2D eigenvalue weighted by Crippen LogP contribution is 2.30. The van der Waals surface area contributed by atoms with Crippen molar-refractivity contribution in [1.29, 1.82) is 0 Å². The molecule has 1 aliphatic rings. The van der Waals surface area contributed by atoms with Crippen LogP contribution < -0.4 is 5.32 Å². The van der Waals surface area contributed by atoms with Crippen LogP contribution in [0, 0.1) is 12.7 Å². The van der Waals surface area contributed by atoms with Gasteiger partial charge in [0.2, 0.25) is 0 Å². The van der Waals surface area contributed by atoms with Gasteiger partial charge in [0.1, 0.15) is 5.82 Å². The molecule has 1 amide bonds. The van der Waals surface area contributed by atoms with Gasteiger partial charge in [-0.05, 0) is 75.2 Å². The molecule has 1 heterocycles. The van der Waals surface area contributed by atoms with E-state index in [1.54, 1.807) is 25.1 Å². The van der Waals surface area contributed by atoms with E-state index in [2.05, 4.69) is 17.3 Å². The molecule has 0 spiro atoms. The zero-order valence-corrected chi connectivity index (χ0v) is 15.9. The molecule has 1 atom stereocenters. The molecule has 1 aliphatic heterocycles. The molecule has 1 fully saturated rings. The number of nitrogens with zero attached hydrogens (tertiary/aromatic N) is 1. The number of carbonyl (C=O) groups is 1. The summed E-state index contributed by atoms with van der Waals surface area (Å²) < 4.78 is 13.6. The number of hydrogen-bond acceptors (Lipinski definition) is 2. The molecule has 5 heteroatoms. The summed E-state index contributed by atoms with van der Waals surface area (Å²) >= 11 is 6.19. The molecule has 3 nitrogen and oxygen atoms in total.